The summed E-state index contributed by atoms with van der Waals surface area (Å²) in [4.78, 5) is 0. The first kappa shape index (κ1) is 16.9. The lowest BCUT2D eigenvalue weighted by atomic mass is 10.1. The summed E-state index contributed by atoms with van der Waals surface area (Å²) < 4.78 is 4.57. The highest BCUT2D eigenvalue weighted by molar-refractivity contribution is 6.11. The second-order valence-electron chi connectivity index (χ2n) is 7.98. The van der Waals surface area contributed by atoms with Gasteiger partial charge < -0.3 is 9.13 Å². The van der Waals surface area contributed by atoms with Gasteiger partial charge in [0.05, 0.1) is 28.2 Å². The first-order valence-corrected chi connectivity index (χ1v) is 10.1. The zero-order valence-electron chi connectivity index (χ0n) is 16.8. The molecule has 6 aromatic rings. The number of hydrogen-bond donors (Lipinski definition) is 0. The summed E-state index contributed by atoms with van der Waals surface area (Å²) in [6.07, 6.45) is 0. The fraction of sp³-hybridized carbons (Fsp3) is 0.0741. The molecule has 0 N–H and O–H groups in total. The van der Waals surface area contributed by atoms with Crippen molar-refractivity contribution in [2.45, 2.75) is 6.92 Å². The molecule has 0 bridgehead atoms. The zero-order valence-corrected chi connectivity index (χ0v) is 16.8. The Bertz CT molecular complexity index is 1670. The Morgan fingerprint density at radius 2 is 1.40 bits per heavy atom. The van der Waals surface area contributed by atoms with Crippen molar-refractivity contribution in [2.24, 2.45) is 7.05 Å². The monoisotopic (exact) mass is 385 g/mol. The van der Waals surface area contributed by atoms with E-state index in [2.05, 4.69) is 95.9 Å². The van der Waals surface area contributed by atoms with Crippen molar-refractivity contribution >= 4 is 43.6 Å². The molecule has 0 aliphatic heterocycles. The number of hydrogen-bond acceptors (Lipinski definition) is 1. The highest BCUT2D eigenvalue weighted by Crippen LogP contribution is 2.35. The average Bonchev–Trinajstić information content (AvgIpc) is 3.25. The molecule has 0 fully saturated rings. The van der Waals surface area contributed by atoms with E-state index in [9.17, 15) is 5.26 Å². The SMILES string of the molecule is Cc1ccc2c(c1)c1cc(C#N)ccc1n2-c1ccc2c3ccccc3n(C)c2c1. The topological polar surface area (TPSA) is 33.6 Å². The van der Waals surface area contributed by atoms with Crippen LogP contribution in [0.3, 0.4) is 0 Å². The molecule has 0 atom stereocenters. The lowest BCUT2D eigenvalue weighted by Gasteiger charge is -2.09. The molecule has 2 aromatic heterocycles. The van der Waals surface area contributed by atoms with E-state index in [1.165, 1.54) is 32.8 Å². The molecule has 0 amide bonds. The van der Waals surface area contributed by atoms with Crippen molar-refractivity contribution in [3.63, 3.8) is 0 Å². The van der Waals surface area contributed by atoms with Crippen molar-refractivity contribution in [3.8, 4) is 11.8 Å². The van der Waals surface area contributed by atoms with E-state index in [-0.39, 0.29) is 0 Å². The zero-order chi connectivity index (χ0) is 20.4. The molecule has 3 heteroatoms. The molecule has 2 heterocycles. The summed E-state index contributed by atoms with van der Waals surface area (Å²) in [7, 11) is 2.13. The Kier molecular flexibility index (Phi) is 3.37. The van der Waals surface area contributed by atoms with Crippen molar-refractivity contribution in [3.05, 3.63) is 90.0 Å². The van der Waals surface area contributed by atoms with Gasteiger partial charge in [0.15, 0.2) is 0 Å². The van der Waals surface area contributed by atoms with Crippen LogP contribution >= 0.6 is 0 Å². The minimum absolute atomic E-state index is 0.687. The first-order valence-electron chi connectivity index (χ1n) is 10.1. The van der Waals surface area contributed by atoms with Gasteiger partial charge in [-0.05, 0) is 55.5 Å². The molecule has 4 aromatic carbocycles. The Balaban J connectivity index is 1.74. The summed E-state index contributed by atoms with van der Waals surface area (Å²) in [6, 6.07) is 30.0. The third-order valence-electron chi connectivity index (χ3n) is 6.21. The van der Waals surface area contributed by atoms with Gasteiger partial charge in [0, 0.05) is 39.8 Å². The van der Waals surface area contributed by atoms with Crippen molar-refractivity contribution in [2.75, 3.05) is 0 Å². The maximum absolute atomic E-state index is 9.41. The van der Waals surface area contributed by atoms with Gasteiger partial charge in [0.1, 0.15) is 0 Å². The third-order valence-corrected chi connectivity index (χ3v) is 6.21. The molecule has 0 aliphatic carbocycles. The van der Waals surface area contributed by atoms with Crippen molar-refractivity contribution < 1.29 is 0 Å². The highest BCUT2D eigenvalue weighted by atomic mass is 15.0. The van der Waals surface area contributed by atoms with Gasteiger partial charge in [-0.1, -0.05) is 35.9 Å². The largest absolute Gasteiger partial charge is 0.344 e. The van der Waals surface area contributed by atoms with Crippen LogP contribution in [0.1, 0.15) is 11.1 Å². The second kappa shape index (κ2) is 5.98. The Morgan fingerprint density at radius 3 is 2.23 bits per heavy atom. The summed E-state index contributed by atoms with van der Waals surface area (Å²) in [5.74, 6) is 0. The molecule has 0 saturated carbocycles. The Hall–Kier alpha value is -4.03. The number of nitriles is 1. The fourth-order valence-corrected chi connectivity index (χ4v) is 4.77. The summed E-state index contributed by atoms with van der Waals surface area (Å²) in [5.41, 5.74) is 7.75. The molecular weight excluding hydrogens is 366 g/mol. The number of aromatic nitrogens is 2. The smallest absolute Gasteiger partial charge is 0.0991 e. The molecule has 3 nitrogen and oxygen atoms in total. The molecular formula is C27H19N3. The molecule has 0 aliphatic rings. The number of fused-ring (bicyclic) bond motifs is 6. The summed E-state index contributed by atoms with van der Waals surface area (Å²) in [5, 5.41) is 14.2. The predicted molar refractivity (Wildman–Crippen MR) is 124 cm³/mol. The maximum Gasteiger partial charge on any atom is 0.0991 e. The van der Waals surface area contributed by atoms with E-state index in [1.54, 1.807) is 0 Å². The van der Waals surface area contributed by atoms with Gasteiger partial charge in [0.25, 0.3) is 0 Å². The van der Waals surface area contributed by atoms with Gasteiger partial charge in [-0.25, -0.2) is 0 Å². The molecule has 6 rings (SSSR count). The van der Waals surface area contributed by atoms with Gasteiger partial charge in [0.2, 0.25) is 0 Å². The number of benzene rings is 4. The van der Waals surface area contributed by atoms with E-state index in [4.69, 9.17) is 0 Å². The molecule has 30 heavy (non-hydrogen) atoms. The molecule has 0 radical (unpaired) electrons. The van der Waals surface area contributed by atoms with Crippen LogP contribution in [0.15, 0.2) is 78.9 Å². The summed E-state index contributed by atoms with van der Waals surface area (Å²) in [6.45, 7) is 2.11. The second-order valence-corrected chi connectivity index (χ2v) is 7.98. The average molecular weight is 385 g/mol. The van der Waals surface area contributed by atoms with Crippen LogP contribution in [-0.4, -0.2) is 9.13 Å². The van der Waals surface area contributed by atoms with Gasteiger partial charge in [-0.3, -0.25) is 0 Å². The maximum atomic E-state index is 9.41. The van der Waals surface area contributed by atoms with Crippen LogP contribution in [0.2, 0.25) is 0 Å². The van der Waals surface area contributed by atoms with Crippen LogP contribution < -0.4 is 0 Å². The number of nitrogens with zero attached hydrogens (tertiary/aromatic N) is 3. The molecule has 0 unspecified atom stereocenters. The van der Waals surface area contributed by atoms with E-state index >= 15 is 0 Å². The number of rotatable bonds is 1. The van der Waals surface area contributed by atoms with Crippen molar-refractivity contribution in [1.82, 2.24) is 9.13 Å². The van der Waals surface area contributed by atoms with Gasteiger partial charge >= 0.3 is 0 Å². The fourth-order valence-electron chi connectivity index (χ4n) is 4.77. The highest BCUT2D eigenvalue weighted by Gasteiger charge is 2.15. The van der Waals surface area contributed by atoms with Gasteiger partial charge in [-0.2, -0.15) is 5.26 Å². The van der Waals surface area contributed by atoms with Crippen LogP contribution in [0, 0.1) is 18.3 Å². The number of para-hydroxylation sites is 1. The van der Waals surface area contributed by atoms with Gasteiger partial charge in [-0.15, -0.1) is 0 Å². The van der Waals surface area contributed by atoms with E-state index in [0.29, 0.717) is 5.56 Å². The Morgan fingerprint density at radius 1 is 0.667 bits per heavy atom. The van der Waals surface area contributed by atoms with E-state index in [0.717, 1.165) is 22.1 Å². The van der Waals surface area contributed by atoms with E-state index < -0.39 is 0 Å². The minimum Gasteiger partial charge on any atom is -0.344 e. The van der Waals surface area contributed by atoms with E-state index in [1.807, 2.05) is 12.1 Å². The first-order chi connectivity index (χ1) is 14.7. The summed E-state index contributed by atoms with van der Waals surface area (Å²) >= 11 is 0. The van der Waals surface area contributed by atoms with Crippen LogP contribution in [-0.2, 0) is 7.05 Å². The van der Waals surface area contributed by atoms with Crippen molar-refractivity contribution in [1.29, 1.82) is 5.26 Å². The number of aryl methyl sites for hydroxylation is 2. The Labute approximate surface area is 174 Å². The van der Waals surface area contributed by atoms with Crippen LogP contribution in [0.5, 0.6) is 0 Å². The molecule has 142 valence electrons. The third kappa shape index (κ3) is 2.19. The molecule has 0 spiro atoms. The lowest BCUT2D eigenvalue weighted by Crippen LogP contribution is -1.95. The molecule has 0 saturated heterocycles. The van der Waals surface area contributed by atoms with Crippen LogP contribution in [0.25, 0.3) is 49.3 Å². The normalized spacial score (nSPS) is 11.6. The predicted octanol–water partition coefficient (Wildman–Crippen LogP) is 6.61. The van der Waals surface area contributed by atoms with Crippen LogP contribution in [0.4, 0.5) is 0 Å². The minimum atomic E-state index is 0.687. The quantitative estimate of drug-likeness (QED) is 0.313. The lowest BCUT2D eigenvalue weighted by molar-refractivity contribution is 1.01. The standard InChI is InChI=1S/C27H19N3/c1-17-7-11-25-22(13-17)23-14-18(16-28)8-12-26(23)30(25)19-9-10-21-20-5-3-4-6-24(20)29(2)27(21)15-19/h3-15H,1-2H3.